The summed E-state index contributed by atoms with van der Waals surface area (Å²) in [6.07, 6.45) is 22.5. The lowest BCUT2D eigenvalue weighted by Crippen LogP contribution is -2.37. The fourth-order valence-electron chi connectivity index (χ4n) is 3.93. The average molecular weight is 613 g/mol. The molecule has 1 aliphatic carbocycles. The Hall–Kier alpha value is 0.390. The molecule has 0 aliphatic heterocycles. The molecule has 0 spiro atoms. The molecular weight excluding hydrogens is 572 g/mol. The van der Waals surface area contributed by atoms with Crippen LogP contribution in [0.15, 0.2) is 23.3 Å². The van der Waals surface area contributed by atoms with Gasteiger partial charge < -0.3 is 4.74 Å². The lowest BCUT2D eigenvalue weighted by Gasteiger charge is -2.33. The molecule has 1 rings (SSSR count). The van der Waals surface area contributed by atoms with Gasteiger partial charge in [-0.3, -0.25) is 4.79 Å². The van der Waals surface area contributed by atoms with Crippen LogP contribution in [0.4, 0.5) is 0 Å². The number of hydrogen-bond acceptors (Lipinski definition) is 2. The van der Waals surface area contributed by atoms with Gasteiger partial charge in [-0.1, -0.05) is 143 Å². The minimum atomic E-state index is -0.539. The van der Waals surface area contributed by atoms with Gasteiger partial charge in [0.05, 0.1) is 0 Å². The first-order chi connectivity index (χ1) is 14.6. The van der Waals surface area contributed by atoms with Crippen molar-refractivity contribution in [2.24, 2.45) is 0 Å². The van der Waals surface area contributed by atoms with E-state index in [0.717, 1.165) is 29.9 Å². The van der Waals surface area contributed by atoms with Crippen molar-refractivity contribution in [3.63, 3.8) is 0 Å². The molecule has 0 radical (unpaired) electrons. The number of esters is 1. The second-order valence-corrected chi connectivity index (χ2v) is 10.3. The Labute approximate surface area is 210 Å². The highest BCUT2D eigenvalue weighted by atomic mass is 79.9. The first kappa shape index (κ1) is 28.4. The summed E-state index contributed by atoms with van der Waals surface area (Å²) in [4.78, 5) is 12.4. The van der Waals surface area contributed by atoms with Crippen molar-refractivity contribution in [1.82, 2.24) is 0 Å². The minimum Gasteiger partial charge on any atom is -0.454 e. The Morgan fingerprint density at radius 3 is 1.87 bits per heavy atom. The van der Waals surface area contributed by atoms with Gasteiger partial charge in [0.25, 0.3) is 0 Å². The van der Waals surface area contributed by atoms with Gasteiger partial charge in [0.15, 0.2) is 0 Å². The van der Waals surface area contributed by atoms with Gasteiger partial charge in [0.2, 0.25) is 0 Å². The highest BCUT2D eigenvalue weighted by Crippen LogP contribution is 2.34. The maximum Gasteiger partial charge on any atom is 0.306 e. The third-order valence-electron chi connectivity index (χ3n) is 5.89. The number of ether oxygens (including phenoxy) is 1. The van der Waals surface area contributed by atoms with Crippen LogP contribution in [-0.2, 0) is 9.53 Å². The highest BCUT2D eigenvalue weighted by molar-refractivity contribution is 9.09. The van der Waals surface area contributed by atoms with Crippen LogP contribution in [0.5, 0.6) is 0 Å². The van der Waals surface area contributed by atoms with E-state index in [2.05, 4.69) is 60.8 Å². The van der Waals surface area contributed by atoms with E-state index in [9.17, 15) is 4.79 Å². The average Bonchev–Trinajstić information content (AvgIpc) is 2.76. The largest absolute Gasteiger partial charge is 0.454 e. The van der Waals surface area contributed by atoms with Gasteiger partial charge >= 0.3 is 5.97 Å². The maximum atomic E-state index is 12.4. The second-order valence-electron chi connectivity index (χ2n) is 8.57. The Kier molecular flexibility index (Phi) is 16.9. The molecule has 0 saturated carbocycles. The molecule has 0 heterocycles. The van der Waals surface area contributed by atoms with Crippen molar-refractivity contribution in [3.8, 4) is 0 Å². The van der Waals surface area contributed by atoms with Crippen molar-refractivity contribution in [1.29, 1.82) is 0 Å². The predicted molar refractivity (Wildman–Crippen MR) is 141 cm³/mol. The molecule has 0 amide bonds. The van der Waals surface area contributed by atoms with Gasteiger partial charge in [0.1, 0.15) is 5.60 Å². The van der Waals surface area contributed by atoms with Crippen LogP contribution in [0.2, 0.25) is 0 Å². The van der Waals surface area contributed by atoms with E-state index in [1.807, 2.05) is 6.08 Å². The van der Waals surface area contributed by atoms with Gasteiger partial charge in [-0.15, -0.1) is 0 Å². The third kappa shape index (κ3) is 11.9. The number of halogens is 3. The lowest BCUT2D eigenvalue weighted by atomic mass is 9.88. The summed E-state index contributed by atoms with van der Waals surface area (Å²) in [5.41, 5.74) is 2.03. The van der Waals surface area contributed by atoms with Crippen molar-refractivity contribution < 1.29 is 9.53 Å². The molecule has 1 aliphatic rings. The summed E-state index contributed by atoms with van der Waals surface area (Å²) in [6, 6.07) is 0. The second kappa shape index (κ2) is 17.9. The fraction of sp³-hybridized carbons (Fsp3) is 0.800. The topological polar surface area (TPSA) is 26.3 Å². The molecule has 0 bridgehead atoms. The van der Waals surface area contributed by atoms with E-state index in [4.69, 9.17) is 4.74 Å². The molecule has 174 valence electrons. The van der Waals surface area contributed by atoms with Gasteiger partial charge in [-0.2, -0.15) is 0 Å². The molecule has 5 heteroatoms. The Bertz CT molecular complexity index is 530. The number of carbonyl (C=O) groups excluding carboxylic acids is 1. The normalized spacial score (nSPS) is 18.8. The molecule has 0 N–H and O–H groups in total. The van der Waals surface area contributed by atoms with E-state index in [0.29, 0.717) is 11.8 Å². The monoisotopic (exact) mass is 610 g/mol. The maximum absolute atomic E-state index is 12.4. The standard InChI is InChI=1S/C25H41Br3O2/c1-2-3-4-5-6-7-8-9-10-11-12-13-14-15-24(29)30-25(21-28)17-16-22(19-26)23(18-25)20-27/h16-17H,2-15,18-21H2,1H3. The van der Waals surface area contributed by atoms with E-state index in [1.54, 1.807) is 0 Å². The first-order valence-corrected chi connectivity index (χ1v) is 15.3. The molecule has 2 nitrogen and oxygen atoms in total. The van der Waals surface area contributed by atoms with Crippen molar-refractivity contribution in [3.05, 3.63) is 23.3 Å². The number of rotatable bonds is 18. The summed E-state index contributed by atoms with van der Waals surface area (Å²) in [7, 11) is 0. The SMILES string of the molecule is CCCCCCCCCCCCCCCC(=O)OC1(CBr)C=CC(CBr)=C(CBr)C1. The number of unbranched alkanes of at least 4 members (excludes halogenated alkanes) is 12. The molecule has 0 aromatic carbocycles. The molecule has 1 unspecified atom stereocenters. The predicted octanol–water partition coefficient (Wildman–Crippen LogP) is 9.19. The van der Waals surface area contributed by atoms with Crippen LogP contribution in [0, 0.1) is 0 Å². The van der Waals surface area contributed by atoms with Crippen LogP contribution < -0.4 is 0 Å². The smallest absolute Gasteiger partial charge is 0.306 e. The molecule has 0 aromatic rings. The van der Waals surface area contributed by atoms with Gasteiger partial charge in [-0.25, -0.2) is 0 Å². The van der Waals surface area contributed by atoms with Gasteiger partial charge in [0, 0.05) is 28.8 Å². The lowest BCUT2D eigenvalue weighted by molar-refractivity contribution is -0.153. The third-order valence-corrected chi connectivity index (χ3v) is 8.12. The fourth-order valence-corrected chi connectivity index (χ4v) is 5.57. The Balaban J connectivity index is 2.09. The first-order valence-electron chi connectivity index (χ1n) is 11.9. The Morgan fingerprint density at radius 2 is 1.40 bits per heavy atom. The van der Waals surface area contributed by atoms with Crippen LogP contribution >= 0.6 is 47.8 Å². The number of allylic oxidation sites excluding steroid dienone is 2. The van der Waals surface area contributed by atoms with E-state index in [1.165, 1.54) is 81.8 Å². The van der Waals surface area contributed by atoms with Crippen molar-refractivity contribution >= 4 is 53.8 Å². The van der Waals surface area contributed by atoms with Crippen molar-refractivity contribution in [2.45, 2.75) is 109 Å². The number of carbonyl (C=O) groups is 1. The molecular formula is C25H41Br3O2. The Morgan fingerprint density at radius 1 is 0.867 bits per heavy atom. The van der Waals surface area contributed by atoms with Crippen LogP contribution in [0.3, 0.4) is 0 Å². The highest BCUT2D eigenvalue weighted by Gasteiger charge is 2.34. The van der Waals surface area contributed by atoms with Crippen LogP contribution in [-0.4, -0.2) is 27.6 Å². The van der Waals surface area contributed by atoms with E-state index < -0.39 is 5.60 Å². The van der Waals surface area contributed by atoms with Crippen LogP contribution in [0.25, 0.3) is 0 Å². The molecule has 1 atom stereocenters. The zero-order valence-electron chi connectivity index (χ0n) is 18.8. The summed E-state index contributed by atoms with van der Waals surface area (Å²) in [5, 5.41) is 2.27. The van der Waals surface area contributed by atoms with Crippen LogP contribution in [0.1, 0.15) is 103 Å². The minimum absolute atomic E-state index is 0.0709. The van der Waals surface area contributed by atoms with Crippen molar-refractivity contribution in [2.75, 3.05) is 16.0 Å². The van der Waals surface area contributed by atoms with E-state index >= 15 is 0 Å². The summed E-state index contributed by atoms with van der Waals surface area (Å²) in [6.45, 7) is 2.27. The number of hydrogen-bond donors (Lipinski definition) is 0. The molecule has 30 heavy (non-hydrogen) atoms. The summed E-state index contributed by atoms with van der Waals surface area (Å²) >= 11 is 10.7. The summed E-state index contributed by atoms with van der Waals surface area (Å²) in [5.74, 6) is -0.0709. The molecule has 0 fully saturated rings. The number of alkyl halides is 3. The summed E-state index contributed by atoms with van der Waals surface area (Å²) < 4.78 is 5.92. The zero-order valence-corrected chi connectivity index (χ0v) is 23.6. The molecule has 0 saturated heterocycles. The quantitative estimate of drug-likeness (QED) is 0.0876. The van der Waals surface area contributed by atoms with Gasteiger partial charge in [-0.05, 0) is 18.1 Å². The zero-order chi connectivity index (χ0) is 22.1. The van der Waals surface area contributed by atoms with E-state index in [-0.39, 0.29) is 5.97 Å². The molecule has 0 aromatic heterocycles.